The summed E-state index contributed by atoms with van der Waals surface area (Å²) in [6.45, 7) is -0.788. The van der Waals surface area contributed by atoms with Gasteiger partial charge in [-0.1, -0.05) is 0 Å². The van der Waals surface area contributed by atoms with Gasteiger partial charge in [-0.2, -0.15) is 0 Å². The summed E-state index contributed by atoms with van der Waals surface area (Å²) in [7, 11) is 0. The lowest BCUT2D eigenvalue weighted by Crippen LogP contribution is -2.53. The number of hydrogen-bond acceptors (Lipinski definition) is 7. The summed E-state index contributed by atoms with van der Waals surface area (Å²) in [5, 5.41) is 15.5. The van der Waals surface area contributed by atoms with Crippen molar-refractivity contribution >= 4 is 29.7 Å². The van der Waals surface area contributed by atoms with E-state index in [9.17, 15) is 19.2 Å². The Labute approximate surface area is 172 Å². The largest absolute Gasteiger partial charge is 0.480 e. The normalized spacial score (nSPS) is 12.3. The van der Waals surface area contributed by atoms with Crippen molar-refractivity contribution in [3.05, 3.63) is 18.2 Å². The van der Waals surface area contributed by atoms with Crippen molar-refractivity contribution in [3.63, 3.8) is 0 Å². The number of hydrogen-bond donors (Lipinski definition) is 8. The van der Waals surface area contributed by atoms with Crippen LogP contribution in [0.4, 0.5) is 0 Å². The highest BCUT2D eigenvalue weighted by atomic mass is 16.4. The molecule has 1 aromatic heterocycles. The van der Waals surface area contributed by atoms with E-state index in [2.05, 4.69) is 30.9 Å². The molecule has 0 fully saturated rings. The summed E-state index contributed by atoms with van der Waals surface area (Å²) < 4.78 is 0. The first kappa shape index (κ1) is 24.4. The van der Waals surface area contributed by atoms with Gasteiger partial charge in [-0.3, -0.25) is 24.2 Å². The summed E-state index contributed by atoms with van der Waals surface area (Å²) in [6.07, 6.45) is 3.72. The molecule has 0 aliphatic carbocycles. The molecule has 2 atom stereocenters. The summed E-state index contributed by atoms with van der Waals surface area (Å²) in [5.41, 5.74) is 17.0. The Morgan fingerprint density at radius 2 is 1.90 bits per heavy atom. The summed E-state index contributed by atoms with van der Waals surface area (Å²) in [4.78, 5) is 57.3. The molecule has 30 heavy (non-hydrogen) atoms. The Morgan fingerprint density at radius 3 is 2.50 bits per heavy atom. The molecule has 14 nitrogen and oxygen atoms in total. The minimum Gasteiger partial charge on any atom is -0.480 e. The van der Waals surface area contributed by atoms with E-state index in [0.717, 1.165) is 0 Å². The number of imidazole rings is 1. The van der Waals surface area contributed by atoms with Gasteiger partial charge in [-0.05, 0) is 12.8 Å². The zero-order chi connectivity index (χ0) is 22.5. The van der Waals surface area contributed by atoms with E-state index in [1.807, 2.05) is 0 Å². The molecule has 14 heteroatoms. The molecule has 0 radical (unpaired) electrons. The second-order valence-electron chi connectivity index (χ2n) is 6.29. The topological polar surface area (TPSA) is 244 Å². The molecule has 0 aliphatic heterocycles. The number of guanidine groups is 1. The molecule has 11 N–H and O–H groups in total. The molecule has 0 aliphatic rings. The van der Waals surface area contributed by atoms with Crippen molar-refractivity contribution in [1.82, 2.24) is 25.9 Å². The number of nitrogens with zero attached hydrogens (tertiary/aromatic N) is 2. The second-order valence-corrected chi connectivity index (χ2v) is 6.29. The Hall–Kier alpha value is -3.68. The number of nitrogens with two attached hydrogens (primary N) is 3. The number of amides is 3. The standard InChI is InChI=1S/C16H27N9O5/c17-10(4-9-5-20-8-24-9)14(29)25-11(2-1-3-21-16(18)19)15(30)23-6-12(26)22-7-13(27)28/h5,8,10-11H,1-4,6-7,17H2,(H,20,24)(H,22,26)(H,23,30)(H,25,29)(H,27,28)(H4,18,19,21). The van der Waals surface area contributed by atoms with E-state index < -0.39 is 48.9 Å². The van der Waals surface area contributed by atoms with Gasteiger partial charge in [0.25, 0.3) is 0 Å². The Kier molecular flexibility index (Phi) is 10.3. The van der Waals surface area contributed by atoms with Crippen LogP contribution < -0.4 is 33.2 Å². The van der Waals surface area contributed by atoms with Crippen molar-refractivity contribution < 1.29 is 24.3 Å². The fourth-order valence-corrected chi connectivity index (χ4v) is 2.30. The molecule has 3 amide bonds. The lowest BCUT2D eigenvalue weighted by Gasteiger charge is -2.20. The predicted molar refractivity (Wildman–Crippen MR) is 106 cm³/mol. The number of carbonyl (C=O) groups excluding carboxylic acids is 3. The van der Waals surface area contributed by atoms with E-state index in [0.29, 0.717) is 12.1 Å². The number of carboxylic acids is 1. The molecule has 166 valence electrons. The number of carboxylic acid groups (broad SMARTS) is 1. The molecule has 1 rings (SSSR count). The number of H-pyrrole nitrogens is 1. The highest BCUT2D eigenvalue weighted by molar-refractivity contribution is 5.92. The van der Waals surface area contributed by atoms with Gasteiger partial charge in [0.1, 0.15) is 12.6 Å². The van der Waals surface area contributed by atoms with E-state index in [4.69, 9.17) is 22.3 Å². The minimum absolute atomic E-state index is 0.100. The van der Waals surface area contributed by atoms with Gasteiger partial charge >= 0.3 is 5.97 Å². The van der Waals surface area contributed by atoms with Crippen molar-refractivity contribution in [2.45, 2.75) is 31.3 Å². The van der Waals surface area contributed by atoms with Crippen molar-refractivity contribution in [1.29, 1.82) is 0 Å². The van der Waals surface area contributed by atoms with Crippen LogP contribution in [-0.4, -0.2) is 76.4 Å². The van der Waals surface area contributed by atoms with Crippen LogP contribution in [0, 0.1) is 0 Å². The van der Waals surface area contributed by atoms with Gasteiger partial charge in [0.15, 0.2) is 5.96 Å². The molecule has 2 unspecified atom stereocenters. The van der Waals surface area contributed by atoms with Crippen molar-refractivity contribution in [3.8, 4) is 0 Å². The van der Waals surface area contributed by atoms with E-state index in [-0.39, 0.29) is 25.3 Å². The minimum atomic E-state index is -1.22. The number of aliphatic imine (C=N–C) groups is 1. The quantitative estimate of drug-likeness (QED) is 0.0873. The summed E-state index contributed by atoms with van der Waals surface area (Å²) >= 11 is 0. The predicted octanol–water partition coefficient (Wildman–Crippen LogP) is -3.87. The van der Waals surface area contributed by atoms with Gasteiger partial charge in [0.05, 0.1) is 18.9 Å². The van der Waals surface area contributed by atoms with Crippen molar-refractivity contribution in [2.24, 2.45) is 22.2 Å². The average molecular weight is 425 g/mol. The molecule has 1 heterocycles. The van der Waals surface area contributed by atoms with E-state index in [1.54, 1.807) is 0 Å². The van der Waals surface area contributed by atoms with Gasteiger partial charge in [0.2, 0.25) is 17.7 Å². The summed E-state index contributed by atoms with van der Waals surface area (Å²) in [5.74, 6) is -3.20. The number of carbonyl (C=O) groups is 4. The SMILES string of the molecule is NC(N)=NCCCC(NC(=O)C(N)Cc1cnc[nH]1)C(=O)NCC(=O)NCC(=O)O. The van der Waals surface area contributed by atoms with Crippen LogP contribution in [0.5, 0.6) is 0 Å². The van der Waals surface area contributed by atoms with Crippen LogP contribution in [0.1, 0.15) is 18.5 Å². The van der Waals surface area contributed by atoms with Gasteiger partial charge in [-0.25, -0.2) is 4.98 Å². The highest BCUT2D eigenvalue weighted by Crippen LogP contribution is 2.02. The van der Waals surface area contributed by atoms with E-state index in [1.165, 1.54) is 12.5 Å². The molecule has 1 aromatic rings. The first-order valence-electron chi connectivity index (χ1n) is 9.03. The third-order valence-corrected chi connectivity index (χ3v) is 3.77. The maximum Gasteiger partial charge on any atom is 0.322 e. The zero-order valence-electron chi connectivity index (χ0n) is 16.3. The van der Waals surface area contributed by atoms with Crippen LogP contribution >= 0.6 is 0 Å². The maximum atomic E-state index is 12.4. The summed E-state index contributed by atoms with van der Waals surface area (Å²) in [6, 6.07) is -1.93. The molecular formula is C16H27N9O5. The molecule has 0 saturated heterocycles. The van der Waals surface area contributed by atoms with Crippen LogP contribution in [-0.2, 0) is 25.6 Å². The van der Waals surface area contributed by atoms with Crippen LogP contribution in [0.3, 0.4) is 0 Å². The number of aromatic nitrogens is 2. The maximum absolute atomic E-state index is 12.4. The Bertz CT molecular complexity index is 746. The lowest BCUT2D eigenvalue weighted by atomic mass is 10.1. The first-order valence-corrected chi connectivity index (χ1v) is 9.03. The van der Waals surface area contributed by atoms with Crippen LogP contribution in [0.2, 0.25) is 0 Å². The van der Waals surface area contributed by atoms with Gasteiger partial charge in [-0.15, -0.1) is 0 Å². The molecular weight excluding hydrogens is 398 g/mol. The Morgan fingerprint density at radius 1 is 1.17 bits per heavy atom. The van der Waals surface area contributed by atoms with Crippen LogP contribution in [0.15, 0.2) is 17.5 Å². The fourth-order valence-electron chi connectivity index (χ4n) is 2.30. The number of aromatic amines is 1. The average Bonchev–Trinajstić information content (AvgIpc) is 3.19. The third-order valence-electron chi connectivity index (χ3n) is 3.77. The number of aliphatic carboxylic acids is 1. The molecule has 0 saturated carbocycles. The zero-order valence-corrected chi connectivity index (χ0v) is 16.3. The molecule has 0 aromatic carbocycles. The molecule has 0 bridgehead atoms. The fraction of sp³-hybridized carbons (Fsp3) is 0.500. The first-order chi connectivity index (χ1) is 14.2. The lowest BCUT2D eigenvalue weighted by molar-refractivity contribution is -0.138. The van der Waals surface area contributed by atoms with Gasteiger partial charge < -0.3 is 43.2 Å². The number of rotatable bonds is 13. The Balaban J connectivity index is 2.63. The number of nitrogens with one attached hydrogen (secondary N) is 4. The third kappa shape index (κ3) is 10.0. The molecule has 0 spiro atoms. The second kappa shape index (κ2) is 12.7. The highest BCUT2D eigenvalue weighted by Gasteiger charge is 2.24. The monoisotopic (exact) mass is 425 g/mol. The van der Waals surface area contributed by atoms with Crippen LogP contribution in [0.25, 0.3) is 0 Å². The van der Waals surface area contributed by atoms with E-state index >= 15 is 0 Å². The van der Waals surface area contributed by atoms with Crippen molar-refractivity contribution in [2.75, 3.05) is 19.6 Å². The smallest absolute Gasteiger partial charge is 0.322 e. The van der Waals surface area contributed by atoms with Gasteiger partial charge in [0, 0.05) is 24.9 Å².